The minimum atomic E-state index is -0.200. The van der Waals surface area contributed by atoms with Crippen molar-refractivity contribution in [2.45, 2.75) is 33.1 Å². The predicted octanol–water partition coefficient (Wildman–Crippen LogP) is 4.53. The number of ether oxygens (including phenoxy) is 2. The molecule has 2 aromatic carbocycles. The zero-order valence-electron chi connectivity index (χ0n) is 14.8. The van der Waals surface area contributed by atoms with Gasteiger partial charge < -0.3 is 14.8 Å². The third kappa shape index (κ3) is 4.75. The van der Waals surface area contributed by atoms with Gasteiger partial charge in [-0.1, -0.05) is 32.0 Å². The van der Waals surface area contributed by atoms with Crippen molar-refractivity contribution in [1.29, 1.82) is 0 Å². The molecule has 2 rings (SSSR count). The van der Waals surface area contributed by atoms with Crippen LogP contribution in [0.4, 0.5) is 5.69 Å². The molecule has 0 aliphatic heterocycles. The van der Waals surface area contributed by atoms with E-state index in [0.717, 1.165) is 17.7 Å². The molecule has 4 heteroatoms. The van der Waals surface area contributed by atoms with E-state index < -0.39 is 0 Å². The van der Waals surface area contributed by atoms with Gasteiger partial charge in [-0.2, -0.15) is 0 Å². The SMILES string of the molecule is CC[C@H](C)c1ccc(NC(=O)COc2ccc(C)cc2OC)cc1. The van der Waals surface area contributed by atoms with Gasteiger partial charge >= 0.3 is 0 Å². The van der Waals surface area contributed by atoms with Crippen molar-refractivity contribution in [1.82, 2.24) is 0 Å². The van der Waals surface area contributed by atoms with Crippen LogP contribution < -0.4 is 14.8 Å². The summed E-state index contributed by atoms with van der Waals surface area (Å²) in [4.78, 5) is 12.1. The molecule has 128 valence electrons. The molecular formula is C20H25NO3. The zero-order chi connectivity index (χ0) is 17.5. The lowest BCUT2D eigenvalue weighted by Crippen LogP contribution is -2.20. The number of nitrogens with one attached hydrogen (secondary N) is 1. The zero-order valence-corrected chi connectivity index (χ0v) is 14.8. The van der Waals surface area contributed by atoms with Gasteiger partial charge in [0.1, 0.15) is 0 Å². The fraction of sp³-hybridized carbons (Fsp3) is 0.350. The van der Waals surface area contributed by atoms with Gasteiger partial charge in [-0.3, -0.25) is 4.79 Å². The first-order valence-electron chi connectivity index (χ1n) is 8.20. The summed E-state index contributed by atoms with van der Waals surface area (Å²) in [6.07, 6.45) is 1.10. The van der Waals surface area contributed by atoms with E-state index in [2.05, 4.69) is 19.2 Å². The van der Waals surface area contributed by atoms with Gasteiger partial charge in [0.2, 0.25) is 0 Å². The number of rotatable bonds is 7. The Bertz CT molecular complexity index is 680. The Kier molecular flexibility index (Phi) is 6.24. The van der Waals surface area contributed by atoms with E-state index >= 15 is 0 Å². The van der Waals surface area contributed by atoms with Crippen LogP contribution in [0.25, 0.3) is 0 Å². The van der Waals surface area contributed by atoms with Gasteiger partial charge in [-0.25, -0.2) is 0 Å². The molecule has 0 spiro atoms. The molecule has 0 unspecified atom stereocenters. The molecule has 0 bridgehead atoms. The Hall–Kier alpha value is -2.49. The average Bonchev–Trinajstić information content (AvgIpc) is 2.60. The standard InChI is InChI=1S/C20H25NO3/c1-5-15(3)16-7-9-17(10-8-16)21-20(22)13-24-18-11-6-14(2)12-19(18)23-4/h6-12,15H,5,13H2,1-4H3,(H,21,22)/t15-/m0/s1. The molecule has 1 N–H and O–H groups in total. The van der Waals surface area contributed by atoms with E-state index in [1.165, 1.54) is 5.56 Å². The van der Waals surface area contributed by atoms with E-state index in [9.17, 15) is 4.79 Å². The molecule has 24 heavy (non-hydrogen) atoms. The molecule has 1 atom stereocenters. The number of methoxy groups -OCH3 is 1. The third-order valence-corrected chi connectivity index (χ3v) is 4.05. The number of anilines is 1. The molecule has 0 aromatic heterocycles. The van der Waals surface area contributed by atoms with Crippen molar-refractivity contribution in [2.24, 2.45) is 0 Å². The van der Waals surface area contributed by atoms with Crippen LogP contribution in [-0.2, 0) is 4.79 Å². The summed E-state index contributed by atoms with van der Waals surface area (Å²) >= 11 is 0. The minimum absolute atomic E-state index is 0.0630. The van der Waals surface area contributed by atoms with E-state index in [1.807, 2.05) is 49.4 Å². The van der Waals surface area contributed by atoms with E-state index in [-0.39, 0.29) is 12.5 Å². The Morgan fingerprint density at radius 1 is 1.12 bits per heavy atom. The summed E-state index contributed by atoms with van der Waals surface area (Å²) < 4.78 is 10.8. The number of hydrogen-bond donors (Lipinski definition) is 1. The van der Waals surface area contributed by atoms with E-state index in [0.29, 0.717) is 17.4 Å². The maximum atomic E-state index is 12.1. The van der Waals surface area contributed by atoms with Crippen molar-refractivity contribution in [3.8, 4) is 11.5 Å². The molecule has 0 saturated carbocycles. The van der Waals surface area contributed by atoms with Crippen LogP contribution in [0.15, 0.2) is 42.5 Å². The molecule has 1 amide bonds. The lowest BCUT2D eigenvalue weighted by atomic mass is 9.99. The highest BCUT2D eigenvalue weighted by Gasteiger charge is 2.09. The fourth-order valence-corrected chi connectivity index (χ4v) is 2.37. The lowest BCUT2D eigenvalue weighted by Gasteiger charge is -2.12. The van der Waals surface area contributed by atoms with Gasteiger partial charge in [0, 0.05) is 5.69 Å². The van der Waals surface area contributed by atoms with Crippen LogP contribution in [0.3, 0.4) is 0 Å². The summed E-state index contributed by atoms with van der Waals surface area (Å²) in [5.41, 5.74) is 3.12. The summed E-state index contributed by atoms with van der Waals surface area (Å²) in [5.74, 6) is 1.51. The maximum absolute atomic E-state index is 12.1. The second-order valence-electron chi connectivity index (χ2n) is 5.92. The first-order chi connectivity index (χ1) is 11.5. The van der Waals surface area contributed by atoms with Gasteiger partial charge in [0.25, 0.3) is 5.91 Å². The van der Waals surface area contributed by atoms with Gasteiger partial charge in [-0.05, 0) is 54.7 Å². The van der Waals surface area contributed by atoms with Gasteiger partial charge in [0.15, 0.2) is 18.1 Å². The maximum Gasteiger partial charge on any atom is 0.262 e. The molecule has 0 aliphatic carbocycles. The van der Waals surface area contributed by atoms with Crippen LogP contribution in [0, 0.1) is 6.92 Å². The predicted molar refractivity (Wildman–Crippen MR) is 97.0 cm³/mol. The van der Waals surface area contributed by atoms with Crippen LogP contribution in [-0.4, -0.2) is 19.6 Å². The first kappa shape index (κ1) is 17.9. The molecule has 2 aromatic rings. The quantitative estimate of drug-likeness (QED) is 0.812. The second kappa shape index (κ2) is 8.39. The summed E-state index contributed by atoms with van der Waals surface area (Å²) in [5, 5.41) is 2.84. The molecule has 4 nitrogen and oxygen atoms in total. The molecule has 0 aliphatic rings. The highest BCUT2D eigenvalue weighted by atomic mass is 16.5. The summed E-state index contributed by atoms with van der Waals surface area (Å²) in [7, 11) is 1.58. The summed E-state index contributed by atoms with van der Waals surface area (Å²) in [6, 6.07) is 13.5. The van der Waals surface area contributed by atoms with Crippen molar-refractivity contribution < 1.29 is 14.3 Å². The molecule has 0 fully saturated rings. The number of carbonyl (C=O) groups excluding carboxylic acids is 1. The van der Waals surface area contributed by atoms with Crippen LogP contribution in [0.5, 0.6) is 11.5 Å². The van der Waals surface area contributed by atoms with E-state index in [4.69, 9.17) is 9.47 Å². The Labute approximate surface area is 143 Å². The normalized spacial score (nSPS) is 11.7. The van der Waals surface area contributed by atoms with Crippen molar-refractivity contribution in [3.63, 3.8) is 0 Å². The third-order valence-electron chi connectivity index (χ3n) is 4.05. The number of hydrogen-bond acceptors (Lipinski definition) is 3. The average molecular weight is 327 g/mol. The highest BCUT2D eigenvalue weighted by Crippen LogP contribution is 2.27. The summed E-state index contributed by atoms with van der Waals surface area (Å²) in [6.45, 7) is 6.27. The number of amides is 1. The second-order valence-corrected chi connectivity index (χ2v) is 5.92. The highest BCUT2D eigenvalue weighted by molar-refractivity contribution is 5.91. The molecular weight excluding hydrogens is 302 g/mol. The van der Waals surface area contributed by atoms with Crippen LogP contribution >= 0.6 is 0 Å². The van der Waals surface area contributed by atoms with Crippen molar-refractivity contribution >= 4 is 11.6 Å². The van der Waals surface area contributed by atoms with E-state index in [1.54, 1.807) is 7.11 Å². The van der Waals surface area contributed by atoms with Crippen LogP contribution in [0.1, 0.15) is 37.3 Å². The smallest absolute Gasteiger partial charge is 0.262 e. The topological polar surface area (TPSA) is 47.6 Å². The molecule has 0 radical (unpaired) electrons. The van der Waals surface area contributed by atoms with Crippen molar-refractivity contribution in [2.75, 3.05) is 19.0 Å². The number of carbonyl (C=O) groups is 1. The number of aryl methyl sites for hydroxylation is 1. The largest absolute Gasteiger partial charge is 0.493 e. The molecule has 0 heterocycles. The van der Waals surface area contributed by atoms with Gasteiger partial charge in [-0.15, -0.1) is 0 Å². The Morgan fingerprint density at radius 2 is 1.83 bits per heavy atom. The fourth-order valence-electron chi connectivity index (χ4n) is 2.37. The number of benzene rings is 2. The monoisotopic (exact) mass is 327 g/mol. The minimum Gasteiger partial charge on any atom is -0.493 e. The Balaban J connectivity index is 1.92. The van der Waals surface area contributed by atoms with Crippen molar-refractivity contribution in [3.05, 3.63) is 53.6 Å². The Morgan fingerprint density at radius 3 is 2.46 bits per heavy atom. The first-order valence-corrected chi connectivity index (χ1v) is 8.20. The van der Waals surface area contributed by atoms with Crippen LogP contribution in [0.2, 0.25) is 0 Å². The van der Waals surface area contributed by atoms with Gasteiger partial charge in [0.05, 0.1) is 7.11 Å². The lowest BCUT2D eigenvalue weighted by molar-refractivity contribution is -0.118. The molecule has 0 saturated heterocycles.